The van der Waals surface area contributed by atoms with Crippen molar-refractivity contribution in [3.05, 3.63) is 29.6 Å². The third-order valence-electron chi connectivity index (χ3n) is 2.95. The molecule has 1 atom stereocenters. The topological polar surface area (TPSA) is 41.6 Å². The molecular weight excluding hydrogens is 247 g/mol. The first-order chi connectivity index (χ1) is 8.95. The monoisotopic (exact) mass is 268 g/mol. The molecule has 0 aliphatic rings. The highest BCUT2D eigenvalue weighted by Crippen LogP contribution is 2.21. The SMILES string of the molecule is CNC(C)c1ccc(OCCC(=O)N(C)C)cc1F. The summed E-state index contributed by atoms with van der Waals surface area (Å²) >= 11 is 0. The molecule has 1 amide bonds. The lowest BCUT2D eigenvalue weighted by Gasteiger charge is -2.14. The third kappa shape index (κ3) is 4.52. The third-order valence-corrected chi connectivity index (χ3v) is 2.95. The molecule has 0 bridgehead atoms. The summed E-state index contributed by atoms with van der Waals surface area (Å²) in [5.41, 5.74) is 0.596. The van der Waals surface area contributed by atoms with Gasteiger partial charge in [-0.15, -0.1) is 0 Å². The van der Waals surface area contributed by atoms with E-state index >= 15 is 0 Å². The maximum absolute atomic E-state index is 13.8. The number of hydrogen-bond donors (Lipinski definition) is 1. The van der Waals surface area contributed by atoms with E-state index in [9.17, 15) is 9.18 Å². The Balaban J connectivity index is 2.57. The number of carbonyl (C=O) groups is 1. The van der Waals surface area contributed by atoms with Gasteiger partial charge in [-0.3, -0.25) is 4.79 Å². The number of ether oxygens (including phenoxy) is 1. The molecule has 0 aliphatic carbocycles. The fourth-order valence-corrected chi connectivity index (χ4v) is 1.58. The van der Waals surface area contributed by atoms with Crippen molar-refractivity contribution < 1.29 is 13.9 Å². The summed E-state index contributed by atoms with van der Waals surface area (Å²) < 4.78 is 19.2. The average Bonchev–Trinajstić information content (AvgIpc) is 2.37. The number of carbonyl (C=O) groups excluding carboxylic acids is 1. The van der Waals surface area contributed by atoms with Crippen molar-refractivity contribution in [2.45, 2.75) is 19.4 Å². The molecule has 0 saturated carbocycles. The fourth-order valence-electron chi connectivity index (χ4n) is 1.58. The molecule has 19 heavy (non-hydrogen) atoms. The van der Waals surface area contributed by atoms with Crippen LogP contribution in [-0.4, -0.2) is 38.6 Å². The lowest BCUT2D eigenvalue weighted by molar-refractivity contribution is -0.129. The number of rotatable bonds is 6. The second-order valence-electron chi connectivity index (χ2n) is 4.58. The van der Waals surface area contributed by atoms with Gasteiger partial charge in [-0.05, 0) is 20.0 Å². The molecule has 1 aromatic rings. The molecule has 0 radical (unpaired) electrons. The summed E-state index contributed by atoms with van der Waals surface area (Å²) in [6.07, 6.45) is 0.281. The van der Waals surface area contributed by atoms with Crippen LogP contribution in [0.25, 0.3) is 0 Å². The Hall–Kier alpha value is -1.62. The highest BCUT2D eigenvalue weighted by molar-refractivity contribution is 5.75. The largest absolute Gasteiger partial charge is 0.493 e. The van der Waals surface area contributed by atoms with Gasteiger partial charge in [-0.2, -0.15) is 0 Å². The lowest BCUT2D eigenvalue weighted by Crippen LogP contribution is -2.23. The summed E-state index contributed by atoms with van der Waals surface area (Å²) in [7, 11) is 5.16. The van der Waals surface area contributed by atoms with Crippen molar-refractivity contribution in [1.82, 2.24) is 10.2 Å². The van der Waals surface area contributed by atoms with Crippen LogP contribution in [0.5, 0.6) is 5.75 Å². The lowest BCUT2D eigenvalue weighted by atomic mass is 10.1. The van der Waals surface area contributed by atoms with Crippen LogP contribution < -0.4 is 10.1 Å². The normalized spacial score (nSPS) is 12.1. The standard InChI is InChI=1S/C14H21FN2O2/c1-10(16-2)12-6-5-11(9-13(12)15)19-8-7-14(18)17(3)4/h5-6,9-10,16H,7-8H2,1-4H3. The van der Waals surface area contributed by atoms with E-state index in [4.69, 9.17) is 4.74 Å². The maximum Gasteiger partial charge on any atom is 0.225 e. The second-order valence-corrected chi connectivity index (χ2v) is 4.58. The molecule has 0 aliphatic heterocycles. The van der Waals surface area contributed by atoms with Gasteiger partial charge in [0.15, 0.2) is 0 Å². The molecule has 0 heterocycles. The van der Waals surface area contributed by atoms with Gasteiger partial charge in [-0.25, -0.2) is 4.39 Å². The Bertz CT molecular complexity index is 435. The number of nitrogens with zero attached hydrogens (tertiary/aromatic N) is 1. The Kier molecular flexibility index (Phi) is 5.76. The van der Waals surface area contributed by atoms with Crippen LogP contribution in [0.3, 0.4) is 0 Å². The van der Waals surface area contributed by atoms with Crippen molar-refractivity contribution in [2.24, 2.45) is 0 Å². The summed E-state index contributed by atoms with van der Waals surface area (Å²) in [6.45, 7) is 2.13. The van der Waals surface area contributed by atoms with Crippen molar-refractivity contribution in [3.8, 4) is 5.75 Å². The molecular formula is C14H21FN2O2. The number of hydrogen-bond acceptors (Lipinski definition) is 3. The van der Waals surface area contributed by atoms with E-state index in [0.717, 1.165) is 0 Å². The molecule has 0 fully saturated rings. The van der Waals surface area contributed by atoms with Crippen LogP contribution in [0, 0.1) is 5.82 Å². The quantitative estimate of drug-likeness (QED) is 0.857. The summed E-state index contributed by atoms with van der Waals surface area (Å²) in [4.78, 5) is 12.8. The number of nitrogens with one attached hydrogen (secondary N) is 1. The van der Waals surface area contributed by atoms with Crippen LogP contribution in [0.2, 0.25) is 0 Å². The van der Waals surface area contributed by atoms with E-state index in [0.29, 0.717) is 11.3 Å². The molecule has 0 saturated heterocycles. The zero-order valence-electron chi connectivity index (χ0n) is 11.9. The molecule has 106 valence electrons. The minimum atomic E-state index is -0.307. The first kappa shape index (κ1) is 15.4. The van der Waals surface area contributed by atoms with Crippen LogP contribution in [0.15, 0.2) is 18.2 Å². The highest BCUT2D eigenvalue weighted by atomic mass is 19.1. The van der Waals surface area contributed by atoms with E-state index in [1.165, 1.54) is 11.0 Å². The molecule has 5 heteroatoms. The van der Waals surface area contributed by atoms with Gasteiger partial charge < -0.3 is 15.0 Å². The Morgan fingerprint density at radius 1 is 1.47 bits per heavy atom. The molecule has 4 nitrogen and oxygen atoms in total. The first-order valence-corrected chi connectivity index (χ1v) is 6.25. The van der Waals surface area contributed by atoms with Gasteiger partial charge in [0.2, 0.25) is 5.91 Å². The van der Waals surface area contributed by atoms with Crippen LogP contribution in [0.4, 0.5) is 4.39 Å². The zero-order chi connectivity index (χ0) is 14.4. The Labute approximate surface area is 113 Å². The van der Waals surface area contributed by atoms with Crippen LogP contribution >= 0.6 is 0 Å². The van der Waals surface area contributed by atoms with Gasteiger partial charge in [0.1, 0.15) is 11.6 Å². The van der Waals surface area contributed by atoms with Gasteiger partial charge in [0.05, 0.1) is 13.0 Å². The predicted octanol–water partition coefficient (Wildman–Crippen LogP) is 1.96. The van der Waals surface area contributed by atoms with Gasteiger partial charge in [-0.1, -0.05) is 6.07 Å². The van der Waals surface area contributed by atoms with Gasteiger partial charge in [0.25, 0.3) is 0 Å². The average molecular weight is 268 g/mol. The van der Waals surface area contributed by atoms with Crippen LogP contribution in [-0.2, 0) is 4.79 Å². The molecule has 1 unspecified atom stereocenters. The fraction of sp³-hybridized carbons (Fsp3) is 0.500. The van der Waals surface area contributed by atoms with E-state index in [2.05, 4.69) is 5.32 Å². The highest BCUT2D eigenvalue weighted by Gasteiger charge is 2.10. The Morgan fingerprint density at radius 2 is 2.16 bits per heavy atom. The molecule has 1 aromatic carbocycles. The van der Waals surface area contributed by atoms with E-state index in [1.807, 2.05) is 6.92 Å². The minimum absolute atomic E-state index is 0.0131. The van der Waals surface area contributed by atoms with Crippen LogP contribution in [0.1, 0.15) is 24.9 Å². The molecule has 0 aromatic heterocycles. The molecule has 1 rings (SSSR count). The van der Waals surface area contributed by atoms with E-state index in [-0.39, 0.29) is 30.8 Å². The predicted molar refractivity (Wildman–Crippen MR) is 72.7 cm³/mol. The van der Waals surface area contributed by atoms with Crippen molar-refractivity contribution in [3.63, 3.8) is 0 Å². The number of halogens is 1. The van der Waals surface area contributed by atoms with E-state index < -0.39 is 0 Å². The minimum Gasteiger partial charge on any atom is -0.493 e. The van der Waals surface area contributed by atoms with Crippen molar-refractivity contribution in [1.29, 1.82) is 0 Å². The summed E-state index contributed by atoms with van der Waals surface area (Å²) in [6, 6.07) is 4.71. The van der Waals surface area contributed by atoms with Gasteiger partial charge in [0, 0.05) is 31.8 Å². The van der Waals surface area contributed by atoms with Gasteiger partial charge >= 0.3 is 0 Å². The maximum atomic E-state index is 13.8. The zero-order valence-corrected chi connectivity index (χ0v) is 11.9. The number of benzene rings is 1. The number of amides is 1. The first-order valence-electron chi connectivity index (χ1n) is 6.25. The van der Waals surface area contributed by atoms with Crippen molar-refractivity contribution in [2.75, 3.05) is 27.7 Å². The summed E-state index contributed by atoms with van der Waals surface area (Å²) in [5.74, 6) is 0.121. The molecule has 0 spiro atoms. The summed E-state index contributed by atoms with van der Waals surface area (Å²) in [5, 5.41) is 2.98. The molecule has 1 N–H and O–H groups in total. The second kappa shape index (κ2) is 7.09. The van der Waals surface area contributed by atoms with E-state index in [1.54, 1.807) is 33.3 Å². The van der Waals surface area contributed by atoms with Crippen molar-refractivity contribution >= 4 is 5.91 Å². The smallest absolute Gasteiger partial charge is 0.225 e. The Morgan fingerprint density at radius 3 is 2.68 bits per heavy atom.